The largest absolute Gasteiger partial charge is 0.360 e. The molecule has 5 nitrogen and oxygen atoms in total. The van der Waals surface area contributed by atoms with Crippen molar-refractivity contribution in [2.75, 3.05) is 6.54 Å². The minimum atomic E-state index is -0.278. The SMILES string of the molecule is Fc1ccccc1-c1noc2c1CN(Cc1cnn(-c3ccccc3)c1)CC2. The Bertz CT molecular complexity index is 1100. The number of fused-ring (bicyclic) bond motifs is 1. The predicted octanol–water partition coefficient (Wildman–Crippen LogP) is 4.22. The number of hydrogen-bond donors (Lipinski definition) is 0. The summed E-state index contributed by atoms with van der Waals surface area (Å²) in [6.45, 7) is 2.32. The molecular formula is C22H19FN4O. The second kappa shape index (κ2) is 7.05. The topological polar surface area (TPSA) is 47.1 Å². The van der Waals surface area contributed by atoms with Gasteiger partial charge in [0.2, 0.25) is 0 Å². The third-order valence-electron chi connectivity index (χ3n) is 5.10. The first kappa shape index (κ1) is 16.9. The van der Waals surface area contributed by atoms with Crippen molar-refractivity contribution in [3.8, 4) is 16.9 Å². The van der Waals surface area contributed by atoms with Crippen LogP contribution in [0.4, 0.5) is 4.39 Å². The summed E-state index contributed by atoms with van der Waals surface area (Å²) < 4.78 is 21.6. The Morgan fingerprint density at radius 2 is 1.86 bits per heavy atom. The van der Waals surface area contributed by atoms with Gasteiger partial charge in [-0.1, -0.05) is 35.5 Å². The van der Waals surface area contributed by atoms with Crippen LogP contribution >= 0.6 is 0 Å². The molecule has 0 bridgehead atoms. The molecule has 1 aliphatic rings. The highest BCUT2D eigenvalue weighted by molar-refractivity contribution is 5.64. The standard InChI is InChI=1S/C22H19FN4O/c23-20-9-5-4-8-18(20)22-19-15-26(11-10-21(19)28-25-22)13-16-12-24-27(14-16)17-6-2-1-3-7-17/h1-9,12,14H,10-11,13,15H2. The minimum absolute atomic E-state index is 0.278. The Kier molecular flexibility index (Phi) is 4.25. The van der Waals surface area contributed by atoms with Gasteiger partial charge in [-0.2, -0.15) is 5.10 Å². The summed E-state index contributed by atoms with van der Waals surface area (Å²) in [5, 5.41) is 8.63. The molecule has 0 unspecified atom stereocenters. The van der Waals surface area contributed by atoms with Gasteiger partial charge in [0.05, 0.1) is 11.9 Å². The van der Waals surface area contributed by atoms with Gasteiger partial charge in [0.25, 0.3) is 0 Å². The van der Waals surface area contributed by atoms with Crippen molar-refractivity contribution in [2.24, 2.45) is 0 Å². The van der Waals surface area contributed by atoms with Crippen molar-refractivity contribution >= 4 is 0 Å². The Labute approximate surface area is 162 Å². The van der Waals surface area contributed by atoms with Crippen molar-refractivity contribution < 1.29 is 8.91 Å². The van der Waals surface area contributed by atoms with E-state index in [-0.39, 0.29) is 5.82 Å². The van der Waals surface area contributed by atoms with Crippen LogP contribution in [0.3, 0.4) is 0 Å². The van der Waals surface area contributed by atoms with E-state index in [2.05, 4.69) is 21.4 Å². The molecule has 0 N–H and O–H groups in total. The van der Waals surface area contributed by atoms with E-state index in [1.807, 2.05) is 47.3 Å². The molecule has 2 aromatic carbocycles. The fourth-order valence-electron chi connectivity index (χ4n) is 3.69. The molecule has 4 aromatic rings. The molecule has 0 spiro atoms. The third-order valence-corrected chi connectivity index (χ3v) is 5.10. The van der Waals surface area contributed by atoms with Crippen LogP contribution in [0.2, 0.25) is 0 Å². The monoisotopic (exact) mass is 374 g/mol. The van der Waals surface area contributed by atoms with Crippen LogP contribution in [0.25, 0.3) is 16.9 Å². The summed E-state index contributed by atoms with van der Waals surface area (Å²) >= 11 is 0. The average Bonchev–Trinajstić information content (AvgIpc) is 3.36. The summed E-state index contributed by atoms with van der Waals surface area (Å²) in [6, 6.07) is 16.7. The van der Waals surface area contributed by atoms with E-state index in [0.29, 0.717) is 17.8 Å². The predicted molar refractivity (Wildman–Crippen MR) is 103 cm³/mol. The molecule has 5 rings (SSSR count). The van der Waals surface area contributed by atoms with Crippen LogP contribution in [-0.4, -0.2) is 26.4 Å². The van der Waals surface area contributed by atoms with E-state index in [1.165, 1.54) is 6.07 Å². The smallest absolute Gasteiger partial charge is 0.143 e. The molecule has 0 amide bonds. The lowest BCUT2D eigenvalue weighted by atomic mass is 10.0. The molecule has 3 heterocycles. The fraction of sp³-hybridized carbons (Fsp3) is 0.182. The highest BCUT2D eigenvalue weighted by Gasteiger charge is 2.26. The van der Waals surface area contributed by atoms with Gasteiger partial charge in [-0.15, -0.1) is 0 Å². The van der Waals surface area contributed by atoms with Gasteiger partial charge >= 0.3 is 0 Å². The molecule has 0 fully saturated rings. The lowest BCUT2D eigenvalue weighted by Gasteiger charge is -2.25. The maximum atomic E-state index is 14.2. The highest BCUT2D eigenvalue weighted by Crippen LogP contribution is 2.31. The van der Waals surface area contributed by atoms with Crippen LogP contribution in [0, 0.1) is 5.82 Å². The molecule has 0 aliphatic carbocycles. The second-order valence-corrected chi connectivity index (χ2v) is 7.00. The van der Waals surface area contributed by atoms with Crippen molar-refractivity contribution in [3.05, 3.63) is 89.7 Å². The first-order chi connectivity index (χ1) is 13.8. The van der Waals surface area contributed by atoms with Gasteiger partial charge in [-0.05, 0) is 24.3 Å². The molecule has 1 aliphatic heterocycles. The van der Waals surface area contributed by atoms with E-state index in [9.17, 15) is 4.39 Å². The van der Waals surface area contributed by atoms with E-state index < -0.39 is 0 Å². The second-order valence-electron chi connectivity index (χ2n) is 7.00. The lowest BCUT2D eigenvalue weighted by molar-refractivity contribution is 0.228. The third kappa shape index (κ3) is 3.12. The molecule has 0 saturated heterocycles. The number of halogens is 1. The van der Waals surface area contributed by atoms with Crippen LogP contribution in [0.5, 0.6) is 0 Å². The number of benzene rings is 2. The van der Waals surface area contributed by atoms with E-state index in [1.54, 1.807) is 12.1 Å². The van der Waals surface area contributed by atoms with Gasteiger partial charge in [0.1, 0.15) is 17.3 Å². The zero-order valence-corrected chi connectivity index (χ0v) is 15.3. The van der Waals surface area contributed by atoms with Crippen molar-refractivity contribution in [1.82, 2.24) is 19.8 Å². The molecule has 0 saturated carbocycles. The van der Waals surface area contributed by atoms with Crippen LogP contribution in [0.1, 0.15) is 16.9 Å². The first-order valence-corrected chi connectivity index (χ1v) is 9.31. The van der Waals surface area contributed by atoms with Crippen LogP contribution in [-0.2, 0) is 19.5 Å². The zero-order valence-electron chi connectivity index (χ0n) is 15.3. The maximum absolute atomic E-state index is 14.2. The highest BCUT2D eigenvalue weighted by atomic mass is 19.1. The Morgan fingerprint density at radius 3 is 2.71 bits per heavy atom. The summed E-state index contributed by atoms with van der Waals surface area (Å²) in [7, 11) is 0. The maximum Gasteiger partial charge on any atom is 0.143 e. The Morgan fingerprint density at radius 1 is 1.04 bits per heavy atom. The van der Waals surface area contributed by atoms with Gasteiger partial charge < -0.3 is 4.52 Å². The molecule has 0 radical (unpaired) electrons. The number of nitrogens with zero attached hydrogens (tertiary/aromatic N) is 4. The molecule has 2 aromatic heterocycles. The summed E-state index contributed by atoms with van der Waals surface area (Å²) in [6.07, 6.45) is 4.72. The zero-order chi connectivity index (χ0) is 18.9. The lowest BCUT2D eigenvalue weighted by Crippen LogP contribution is -2.29. The van der Waals surface area contributed by atoms with Gasteiger partial charge in [-0.3, -0.25) is 4.90 Å². The quantitative estimate of drug-likeness (QED) is 0.536. The number of rotatable bonds is 4. The Hall–Kier alpha value is -3.25. The van der Waals surface area contributed by atoms with Gasteiger partial charge in [0, 0.05) is 48.9 Å². The van der Waals surface area contributed by atoms with Crippen molar-refractivity contribution in [1.29, 1.82) is 0 Å². The van der Waals surface area contributed by atoms with Crippen molar-refractivity contribution in [2.45, 2.75) is 19.5 Å². The normalized spacial score (nSPS) is 14.2. The summed E-state index contributed by atoms with van der Waals surface area (Å²) in [5.41, 5.74) is 4.25. The van der Waals surface area contributed by atoms with Crippen molar-refractivity contribution in [3.63, 3.8) is 0 Å². The average molecular weight is 374 g/mol. The van der Waals surface area contributed by atoms with Gasteiger partial charge in [-0.25, -0.2) is 9.07 Å². The molecule has 0 atom stereocenters. The number of hydrogen-bond acceptors (Lipinski definition) is 4. The molecule has 28 heavy (non-hydrogen) atoms. The summed E-state index contributed by atoms with van der Waals surface area (Å²) in [5.74, 6) is 0.578. The van der Waals surface area contributed by atoms with E-state index in [0.717, 1.165) is 42.1 Å². The van der Waals surface area contributed by atoms with Gasteiger partial charge in [0.15, 0.2) is 0 Å². The Balaban J connectivity index is 1.36. The van der Waals surface area contributed by atoms with E-state index in [4.69, 9.17) is 4.52 Å². The minimum Gasteiger partial charge on any atom is -0.360 e. The van der Waals surface area contributed by atoms with Crippen LogP contribution in [0.15, 0.2) is 71.5 Å². The molecule has 140 valence electrons. The number of para-hydroxylation sites is 1. The van der Waals surface area contributed by atoms with E-state index >= 15 is 0 Å². The molecule has 6 heteroatoms. The first-order valence-electron chi connectivity index (χ1n) is 9.31. The molecular weight excluding hydrogens is 355 g/mol. The fourth-order valence-corrected chi connectivity index (χ4v) is 3.69. The van der Waals surface area contributed by atoms with Crippen LogP contribution < -0.4 is 0 Å². The number of aromatic nitrogens is 3. The summed E-state index contributed by atoms with van der Waals surface area (Å²) in [4.78, 5) is 2.32.